The van der Waals surface area contributed by atoms with Gasteiger partial charge in [-0.25, -0.2) is 4.79 Å². The summed E-state index contributed by atoms with van der Waals surface area (Å²) in [6, 6.07) is -1.42. The molecule has 1 fully saturated rings. The molecular formula is C19H33N3O6. The van der Waals surface area contributed by atoms with Gasteiger partial charge in [0.2, 0.25) is 11.8 Å². The molecule has 0 radical (unpaired) electrons. The van der Waals surface area contributed by atoms with Crippen molar-refractivity contribution in [3.63, 3.8) is 0 Å². The minimum atomic E-state index is -1.16. The molecule has 9 heteroatoms. The standard InChI is InChI=1S/C19H33N3O6/c1-12(3-10-17(24)25)21-16(23)9-8-15(19(27)28)22-18(26)14-6-4-13(5-7-14)11-20-2/h12-15,20H,3-11H2,1-2H3,(H,21,23)(H,22,26)(H,24,25)(H,27,28). The van der Waals surface area contributed by atoms with Gasteiger partial charge in [-0.1, -0.05) is 0 Å². The number of carbonyl (C=O) groups is 4. The zero-order chi connectivity index (χ0) is 21.1. The van der Waals surface area contributed by atoms with Crippen molar-refractivity contribution in [1.82, 2.24) is 16.0 Å². The maximum Gasteiger partial charge on any atom is 0.326 e. The third kappa shape index (κ3) is 9.16. The van der Waals surface area contributed by atoms with Crippen molar-refractivity contribution in [3.8, 4) is 0 Å². The molecule has 1 saturated carbocycles. The molecule has 0 saturated heterocycles. The van der Waals surface area contributed by atoms with E-state index in [1.807, 2.05) is 7.05 Å². The van der Waals surface area contributed by atoms with E-state index >= 15 is 0 Å². The van der Waals surface area contributed by atoms with Crippen molar-refractivity contribution in [3.05, 3.63) is 0 Å². The van der Waals surface area contributed by atoms with E-state index in [1.165, 1.54) is 0 Å². The van der Waals surface area contributed by atoms with Crippen LogP contribution in [0.1, 0.15) is 58.3 Å². The fourth-order valence-electron chi connectivity index (χ4n) is 3.50. The molecule has 2 unspecified atom stereocenters. The van der Waals surface area contributed by atoms with E-state index in [0.29, 0.717) is 12.3 Å². The second-order valence-corrected chi connectivity index (χ2v) is 7.61. The number of amides is 2. The van der Waals surface area contributed by atoms with Crippen molar-refractivity contribution >= 4 is 23.8 Å². The number of carboxylic acid groups (broad SMARTS) is 2. The summed E-state index contributed by atoms with van der Waals surface area (Å²) < 4.78 is 0. The van der Waals surface area contributed by atoms with Crippen molar-refractivity contribution in [2.45, 2.75) is 70.4 Å². The summed E-state index contributed by atoms with van der Waals surface area (Å²) in [6.45, 7) is 2.62. The highest BCUT2D eigenvalue weighted by Crippen LogP contribution is 2.28. The first-order chi connectivity index (χ1) is 13.2. The van der Waals surface area contributed by atoms with Gasteiger partial charge in [-0.15, -0.1) is 0 Å². The van der Waals surface area contributed by atoms with Crippen LogP contribution in [0.2, 0.25) is 0 Å². The van der Waals surface area contributed by atoms with Gasteiger partial charge < -0.3 is 26.2 Å². The third-order valence-corrected chi connectivity index (χ3v) is 5.18. The van der Waals surface area contributed by atoms with Gasteiger partial charge in [0.05, 0.1) is 0 Å². The maximum absolute atomic E-state index is 12.4. The Morgan fingerprint density at radius 2 is 1.61 bits per heavy atom. The summed E-state index contributed by atoms with van der Waals surface area (Å²) in [7, 11) is 1.90. The molecule has 1 aliphatic rings. The number of carboxylic acids is 2. The predicted octanol–water partition coefficient (Wildman–Crippen LogP) is 0.731. The van der Waals surface area contributed by atoms with Gasteiger partial charge in [0.1, 0.15) is 6.04 Å². The van der Waals surface area contributed by atoms with Crippen LogP contribution in [0, 0.1) is 11.8 Å². The molecule has 1 rings (SSSR count). The number of hydrogen-bond acceptors (Lipinski definition) is 5. The van der Waals surface area contributed by atoms with E-state index in [0.717, 1.165) is 32.2 Å². The van der Waals surface area contributed by atoms with Gasteiger partial charge in [-0.2, -0.15) is 0 Å². The van der Waals surface area contributed by atoms with E-state index in [4.69, 9.17) is 5.11 Å². The van der Waals surface area contributed by atoms with Crippen LogP contribution in [-0.4, -0.2) is 59.6 Å². The molecule has 0 heterocycles. The maximum atomic E-state index is 12.4. The second-order valence-electron chi connectivity index (χ2n) is 7.61. The van der Waals surface area contributed by atoms with Crippen molar-refractivity contribution in [2.75, 3.05) is 13.6 Å². The topological polar surface area (TPSA) is 145 Å². The molecule has 1 aliphatic carbocycles. The smallest absolute Gasteiger partial charge is 0.326 e. The van der Waals surface area contributed by atoms with Crippen LogP contribution in [0.25, 0.3) is 0 Å². The number of rotatable bonds is 12. The average molecular weight is 399 g/mol. The SMILES string of the molecule is CNCC1CCC(C(=O)NC(CCC(=O)NC(C)CCC(=O)O)C(=O)O)CC1. The summed E-state index contributed by atoms with van der Waals surface area (Å²) in [4.78, 5) is 46.3. The molecule has 0 spiro atoms. The Bertz CT molecular complexity index is 546. The van der Waals surface area contributed by atoms with Crippen LogP contribution in [0.15, 0.2) is 0 Å². The zero-order valence-corrected chi connectivity index (χ0v) is 16.7. The lowest BCUT2D eigenvalue weighted by Crippen LogP contribution is -2.45. The van der Waals surface area contributed by atoms with Crippen LogP contribution in [0.3, 0.4) is 0 Å². The molecule has 0 aromatic heterocycles. The first-order valence-electron chi connectivity index (χ1n) is 9.91. The lowest BCUT2D eigenvalue weighted by atomic mass is 9.81. The number of carbonyl (C=O) groups excluding carboxylic acids is 2. The van der Waals surface area contributed by atoms with Gasteiger partial charge in [-0.05, 0) is 65.0 Å². The Morgan fingerprint density at radius 3 is 2.14 bits per heavy atom. The average Bonchev–Trinajstić information content (AvgIpc) is 2.63. The summed E-state index contributed by atoms with van der Waals surface area (Å²) in [5.74, 6) is -2.34. The monoisotopic (exact) mass is 399 g/mol. The largest absolute Gasteiger partial charge is 0.481 e. The van der Waals surface area contributed by atoms with Gasteiger partial charge in [-0.3, -0.25) is 14.4 Å². The summed E-state index contributed by atoms with van der Waals surface area (Å²) >= 11 is 0. The Balaban J connectivity index is 2.40. The second kappa shape index (κ2) is 12.3. The fourth-order valence-corrected chi connectivity index (χ4v) is 3.50. The molecule has 2 amide bonds. The molecule has 160 valence electrons. The minimum absolute atomic E-state index is 0.00629. The van der Waals surface area contributed by atoms with Crippen LogP contribution in [0.5, 0.6) is 0 Å². The highest BCUT2D eigenvalue weighted by Gasteiger charge is 2.29. The normalized spacial score (nSPS) is 21.4. The van der Waals surface area contributed by atoms with E-state index < -0.39 is 18.0 Å². The summed E-state index contributed by atoms with van der Waals surface area (Å²) in [5.41, 5.74) is 0. The summed E-state index contributed by atoms with van der Waals surface area (Å²) in [6.07, 6.45) is 3.55. The van der Waals surface area contributed by atoms with Gasteiger partial charge >= 0.3 is 11.9 Å². The fraction of sp³-hybridized carbons (Fsp3) is 0.789. The predicted molar refractivity (Wildman–Crippen MR) is 103 cm³/mol. The van der Waals surface area contributed by atoms with Gasteiger partial charge in [0, 0.05) is 24.8 Å². The van der Waals surface area contributed by atoms with E-state index in [2.05, 4.69) is 16.0 Å². The highest BCUT2D eigenvalue weighted by atomic mass is 16.4. The highest BCUT2D eigenvalue weighted by molar-refractivity contribution is 5.85. The minimum Gasteiger partial charge on any atom is -0.481 e. The molecular weight excluding hydrogens is 366 g/mol. The van der Waals surface area contributed by atoms with E-state index in [-0.39, 0.29) is 43.0 Å². The molecule has 9 nitrogen and oxygen atoms in total. The Hall–Kier alpha value is -2.16. The van der Waals surface area contributed by atoms with Crippen LogP contribution < -0.4 is 16.0 Å². The molecule has 5 N–H and O–H groups in total. The van der Waals surface area contributed by atoms with Gasteiger partial charge in [0.15, 0.2) is 0 Å². The van der Waals surface area contributed by atoms with Crippen LogP contribution in [-0.2, 0) is 19.2 Å². The number of aliphatic carboxylic acids is 2. The molecule has 0 bridgehead atoms. The zero-order valence-electron chi connectivity index (χ0n) is 16.7. The Morgan fingerprint density at radius 1 is 0.964 bits per heavy atom. The molecule has 28 heavy (non-hydrogen) atoms. The van der Waals surface area contributed by atoms with Gasteiger partial charge in [0.25, 0.3) is 0 Å². The molecule has 0 aliphatic heterocycles. The molecule has 0 aromatic carbocycles. The lowest BCUT2D eigenvalue weighted by Gasteiger charge is -2.28. The quantitative estimate of drug-likeness (QED) is 0.325. The van der Waals surface area contributed by atoms with Crippen molar-refractivity contribution < 1.29 is 29.4 Å². The third-order valence-electron chi connectivity index (χ3n) is 5.18. The van der Waals surface area contributed by atoms with Crippen LogP contribution >= 0.6 is 0 Å². The first kappa shape index (κ1) is 23.9. The number of nitrogens with one attached hydrogen (secondary N) is 3. The van der Waals surface area contributed by atoms with Crippen molar-refractivity contribution in [2.24, 2.45) is 11.8 Å². The van der Waals surface area contributed by atoms with Crippen LogP contribution in [0.4, 0.5) is 0 Å². The number of hydrogen-bond donors (Lipinski definition) is 5. The Labute approximate surface area is 165 Å². The van der Waals surface area contributed by atoms with E-state index in [9.17, 15) is 24.3 Å². The van der Waals surface area contributed by atoms with E-state index in [1.54, 1.807) is 6.92 Å². The lowest BCUT2D eigenvalue weighted by molar-refractivity contribution is -0.143. The molecule has 2 atom stereocenters. The molecule has 0 aromatic rings. The first-order valence-corrected chi connectivity index (χ1v) is 9.91. The Kier molecular flexibility index (Phi) is 10.5. The van der Waals surface area contributed by atoms with Crippen molar-refractivity contribution in [1.29, 1.82) is 0 Å². The summed E-state index contributed by atoms with van der Waals surface area (Å²) in [5, 5.41) is 26.4.